The van der Waals surface area contributed by atoms with E-state index in [0.29, 0.717) is 17.9 Å². The Morgan fingerprint density at radius 1 is 0.742 bits per heavy atom. The highest BCUT2D eigenvalue weighted by atomic mass is 16.7. The van der Waals surface area contributed by atoms with Gasteiger partial charge in [0, 0.05) is 18.2 Å². The summed E-state index contributed by atoms with van der Waals surface area (Å²) in [4.78, 5) is 12.7. The maximum Gasteiger partial charge on any atom is 0.338 e. The maximum absolute atomic E-state index is 12.7. The molecule has 0 spiro atoms. The van der Waals surface area contributed by atoms with Crippen LogP contribution in [0, 0.1) is 27.7 Å². The van der Waals surface area contributed by atoms with Crippen molar-refractivity contribution in [1.29, 1.82) is 0 Å². The lowest BCUT2D eigenvalue weighted by Gasteiger charge is -2.19. The van der Waals surface area contributed by atoms with Gasteiger partial charge < -0.3 is 14.2 Å². The summed E-state index contributed by atoms with van der Waals surface area (Å²) in [6.45, 7) is 10.5. The van der Waals surface area contributed by atoms with Gasteiger partial charge >= 0.3 is 5.97 Å². The third-order valence-corrected chi connectivity index (χ3v) is 4.99. The van der Waals surface area contributed by atoms with Gasteiger partial charge in [0.1, 0.15) is 5.75 Å². The number of benzene rings is 3. The van der Waals surface area contributed by atoms with E-state index < -0.39 is 0 Å². The number of hydrogen-bond donors (Lipinski definition) is 0. The predicted octanol–water partition coefficient (Wildman–Crippen LogP) is 6.41. The third-order valence-electron chi connectivity index (χ3n) is 4.99. The van der Waals surface area contributed by atoms with Crippen molar-refractivity contribution in [2.45, 2.75) is 34.6 Å². The molecule has 0 radical (unpaired) electrons. The van der Waals surface area contributed by atoms with Gasteiger partial charge in [-0.2, -0.15) is 0 Å². The Bertz CT molecular complexity index is 985. The van der Waals surface area contributed by atoms with E-state index in [9.17, 15) is 4.79 Å². The molecule has 162 valence electrons. The Kier molecular flexibility index (Phi) is 7.13. The second-order valence-electron chi connectivity index (χ2n) is 7.92. The fourth-order valence-electron chi connectivity index (χ4n) is 3.92. The number of carbonyl (C=O) groups excluding carboxylic acids is 1. The van der Waals surface area contributed by atoms with Gasteiger partial charge in [-0.1, -0.05) is 58.7 Å². The van der Waals surface area contributed by atoms with Crippen LogP contribution in [0.15, 0.2) is 48.5 Å². The smallest absolute Gasteiger partial charge is 0.338 e. The van der Waals surface area contributed by atoms with E-state index in [1.807, 2.05) is 19.1 Å². The molecule has 3 rings (SSSR count). The summed E-state index contributed by atoms with van der Waals surface area (Å²) < 4.78 is 16.7. The van der Waals surface area contributed by atoms with Crippen LogP contribution in [-0.2, 0) is 9.47 Å². The fraction of sp³-hybridized carbons (Fsp3) is 0.296. The normalized spacial score (nSPS) is 10.8. The SMILES string of the molecule is CCOC(=O)c1cc(-c2cc(C)cc(C)c2)c(OCOC)c(-c2cc(C)cc(C)c2)c1. The lowest BCUT2D eigenvalue weighted by Crippen LogP contribution is -2.08. The summed E-state index contributed by atoms with van der Waals surface area (Å²) in [5, 5.41) is 0. The van der Waals surface area contributed by atoms with Crippen molar-refractivity contribution in [1.82, 2.24) is 0 Å². The van der Waals surface area contributed by atoms with Crippen LogP contribution in [0.1, 0.15) is 39.5 Å². The number of ether oxygens (including phenoxy) is 3. The highest BCUT2D eigenvalue weighted by molar-refractivity contribution is 5.96. The van der Waals surface area contributed by atoms with Gasteiger partial charge in [0.25, 0.3) is 0 Å². The first-order valence-corrected chi connectivity index (χ1v) is 10.5. The number of methoxy groups -OCH3 is 1. The zero-order chi connectivity index (χ0) is 22.5. The molecule has 0 aliphatic heterocycles. The zero-order valence-electron chi connectivity index (χ0n) is 19.2. The summed E-state index contributed by atoms with van der Waals surface area (Å²) in [6.07, 6.45) is 0. The van der Waals surface area contributed by atoms with Crippen LogP contribution in [0.5, 0.6) is 5.75 Å². The van der Waals surface area contributed by atoms with E-state index in [4.69, 9.17) is 14.2 Å². The van der Waals surface area contributed by atoms with E-state index in [-0.39, 0.29) is 12.8 Å². The molecule has 4 nitrogen and oxygen atoms in total. The van der Waals surface area contributed by atoms with E-state index in [2.05, 4.69) is 64.1 Å². The van der Waals surface area contributed by atoms with Crippen LogP contribution < -0.4 is 4.74 Å². The molecule has 0 aliphatic carbocycles. The summed E-state index contributed by atoms with van der Waals surface area (Å²) >= 11 is 0. The van der Waals surface area contributed by atoms with Crippen LogP contribution in [0.2, 0.25) is 0 Å². The molecular formula is C27H30O4. The number of rotatable bonds is 7. The molecule has 0 fully saturated rings. The topological polar surface area (TPSA) is 44.8 Å². The van der Waals surface area contributed by atoms with Gasteiger partial charge in [0.2, 0.25) is 0 Å². The number of carbonyl (C=O) groups is 1. The maximum atomic E-state index is 12.7. The van der Waals surface area contributed by atoms with Crippen molar-refractivity contribution in [2.75, 3.05) is 20.5 Å². The minimum atomic E-state index is -0.350. The molecule has 3 aromatic carbocycles. The second kappa shape index (κ2) is 9.80. The van der Waals surface area contributed by atoms with Crippen LogP contribution in [0.4, 0.5) is 0 Å². The molecule has 0 aromatic heterocycles. The molecule has 0 unspecified atom stereocenters. The standard InChI is InChI=1S/C27H30O4/c1-7-30-27(28)23-14-24(21-10-17(2)8-18(3)11-21)26(31-16-29-6)25(15-23)22-12-19(4)9-20(5)13-22/h8-15H,7,16H2,1-6H3. The molecule has 0 saturated carbocycles. The molecule has 0 N–H and O–H groups in total. The Labute approximate surface area is 184 Å². The first-order valence-electron chi connectivity index (χ1n) is 10.5. The molecule has 0 heterocycles. The van der Waals surface area contributed by atoms with Crippen LogP contribution >= 0.6 is 0 Å². The lowest BCUT2D eigenvalue weighted by molar-refractivity contribution is 0.0515. The average molecular weight is 419 g/mol. The molecule has 0 bridgehead atoms. The number of esters is 1. The van der Waals surface area contributed by atoms with E-state index >= 15 is 0 Å². The molecule has 0 aliphatic rings. The van der Waals surface area contributed by atoms with Crippen LogP contribution in [0.3, 0.4) is 0 Å². The fourth-order valence-corrected chi connectivity index (χ4v) is 3.92. The van der Waals surface area contributed by atoms with Crippen molar-refractivity contribution in [3.05, 3.63) is 76.3 Å². The van der Waals surface area contributed by atoms with Gasteiger partial charge in [0.05, 0.1) is 12.2 Å². The van der Waals surface area contributed by atoms with Crippen molar-refractivity contribution >= 4 is 5.97 Å². The van der Waals surface area contributed by atoms with Gasteiger partial charge in [-0.3, -0.25) is 0 Å². The number of hydrogen-bond acceptors (Lipinski definition) is 4. The Balaban J connectivity index is 2.35. The van der Waals surface area contributed by atoms with Crippen LogP contribution in [0.25, 0.3) is 22.3 Å². The average Bonchev–Trinajstić information content (AvgIpc) is 2.70. The summed E-state index contributed by atoms with van der Waals surface area (Å²) in [6, 6.07) is 16.3. The molecule has 3 aromatic rings. The molecular weight excluding hydrogens is 388 g/mol. The quantitative estimate of drug-likeness (QED) is 0.328. The minimum Gasteiger partial charge on any atom is -0.466 e. The monoisotopic (exact) mass is 418 g/mol. The first-order chi connectivity index (χ1) is 14.8. The highest BCUT2D eigenvalue weighted by Crippen LogP contribution is 2.41. The van der Waals surface area contributed by atoms with Crippen molar-refractivity contribution < 1.29 is 19.0 Å². The molecule has 0 saturated heterocycles. The predicted molar refractivity (Wildman–Crippen MR) is 125 cm³/mol. The van der Waals surface area contributed by atoms with E-state index in [1.54, 1.807) is 7.11 Å². The molecule has 4 heteroatoms. The molecule has 0 amide bonds. The van der Waals surface area contributed by atoms with Gasteiger partial charge in [-0.05, 0) is 57.9 Å². The summed E-state index contributed by atoms with van der Waals surface area (Å²) in [7, 11) is 1.60. The Morgan fingerprint density at radius 3 is 1.58 bits per heavy atom. The lowest BCUT2D eigenvalue weighted by atomic mass is 9.92. The Hall–Kier alpha value is -3.11. The third kappa shape index (κ3) is 5.33. The highest BCUT2D eigenvalue weighted by Gasteiger charge is 2.20. The van der Waals surface area contributed by atoms with Crippen molar-refractivity contribution in [3.8, 4) is 28.0 Å². The zero-order valence-corrected chi connectivity index (χ0v) is 19.2. The molecule has 0 atom stereocenters. The second-order valence-corrected chi connectivity index (χ2v) is 7.92. The summed E-state index contributed by atoms with van der Waals surface area (Å²) in [5.74, 6) is 0.335. The van der Waals surface area contributed by atoms with Gasteiger partial charge in [0.15, 0.2) is 6.79 Å². The van der Waals surface area contributed by atoms with E-state index in [1.165, 1.54) is 0 Å². The Morgan fingerprint density at radius 2 is 1.19 bits per heavy atom. The van der Waals surface area contributed by atoms with Crippen molar-refractivity contribution in [2.24, 2.45) is 0 Å². The van der Waals surface area contributed by atoms with Crippen LogP contribution in [-0.4, -0.2) is 26.5 Å². The molecule has 31 heavy (non-hydrogen) atoms. The van der Waals surface area contributed by atoms with Gasteiger partial charge in [-0.25, -0.2) is 4.79 Å². The minimum absolute atomic E-state index is 0.106. The largest absolute Gasteiger partial charge is 0.466 e. The van der Waals surface area contributed by atoms with Gasteiger partial charge in [-0.15, -0.1) is 0 Å². The summed E-state index contributed by atoms with van der Waals surface area (Å²) in [5.41, 5.74) is 8.71. The van der Waals surface area contributed by atoms with Crippen molar-refractivity contribution in [3.63, 3.8) is 0 Å². The first kappa shape index (κ1) is 22.6. The number of aryl methyl sites for hydroxylation is 4. The van der Waals surface area contributed by atoms with E-state index in [0.717, 1.165) is 44.5 Å².